The van der Waals surface area contributed by atoms with Crippen molar-refractivity contribution < 1.29 is 18.9 Å². The summed E-state index contributed by atoms with van der Waals surface area (Å²) in [6.07, 6.45) is 3.05. The third-order valence-electron chi connectivity index (χ3n) is 4.76. The largest absolute Gasteiger partial charge is 0.344 e. The van der Waals surface area contributed by atoms with Crippen molar-refractivity contribution >= 4 is 17.5 Å². The Hall–Kier alpha value is -2.73. The van der Waals surface area contributed by atoms with E-state index in [-0.39, 0.29) is 36.8 Å². The van der Waals surface area contributed by atoms with Crippen LogP contribution in [0.15, 0.2) is 48.5 Å². The number of benzene rings is 2. The maximum absolute atomic E-state index is 12.9. The van der Waals surface area contributed by atoms with Crippen LogP contribution in [0.3, 0.4) is 0 Å². The van der Waals surface area contributed by atoms with Gasteiger partial charge < -0.3 is 15.5 Å². The van der Waals surface area contributed by atoms with Gasteiger partial charge in [0.1, 0.15) is 5.82 Å². The Labute approximate surface area is 158 Å². The van der Waals surface area contributed by atoms with Crippen LogP contribution in [0.25, 0.3) is 0 Å². The van der Waals surface area contributed by atoms with Gasteiger partial charge in [0.15, 0.2) is 13.1 Å². The molecule has 0 fully saturated rings. The number of amides is 2. The number of nitrogens with one attached hydrogen (secondary N) is 3. The molecule has 0 saturated heterocycles. The second-order valence-corrected chi connectivity index (χ2v) is 7.08. The highest BCUT2D eigenvalue weighted by Crippen LogP contribution is 2.29. The molecule has 0 bridgehead atoms. The minimum Gasteiger partial charge on any atom is -0.344 e. The summed E-state index contributed by atoms with van der Waals surface area (Å²) in [5.41, 5.74) is 3.04. The predicted molar refractivity (Wildman–Crippen MR) is 102 cm³/mol. The molecule has 2 aromatic rings. The van der Waals surface area contributed by atoms with Gasteiger partial charge in [0.25, 0.3) is 11.8 Å². The highest BCUT2D eigenvalue weighted by atomic mass is 19.1. The maximum Gasteiger partial charge on any atom is 0.279 e. The monoisotopic (exact) mass is 370 g/mol. The first-order valence-corrected chi connectivity index (χ1v) is 9.25. The minimum atomic E-state index is -0.350. The summed E-state index contributed by atoms with van der Waals surface area (Å²) in [5, 5.41) is 5.81. The molecule has 142 valence electrons. The number of fused-ring (bicyclic) bond motifs is 1. The first-order chi connectivity index (χ1) is 13.0. The fourth-order valence-corrected chi connectivity index (χ4v) is 3.50. The summed E-state index contributed by atoms with van der Waals surface area (Å²) >= 11 is 0. The Bertz CT molecular complexity index is 807. The molecule has 1 aliphatic rings. The Balaban J connectivity index is 1.48. The zero-order valence-electron chi connectivity index (χ0n) is 15.4. The highest BCUT2D eigenvalue weighted by molar-refractivity contribution is 5.91. The first kappa shape index (κ1) is 19.0. The normalized spacial score (nSPS) is 16.9. The van der Waals surface area contributed by atoms with Gasteiger partial charge in [0.05, 0.1) is 13.1 Å². The molecule has 27 heavy (non-hydrogen) atoms. The lowest BCUT2D eigenvalue weighted by Crippen LogP contribution is -3.11. The molecule has 0 spiro atoms. The van der Waals surface area contributed by atoms with Crippen LogP contribution in [-0.2, 0) is 16.0 Å². The van der Waals surface area contributed by atoms with Gasteiger partial charge in [-0.25, -0.2) is 4.39 Å². The SMILES string of the molecule is C[NH+](CC(=O)Nc1ccc(F)cc1)CC(=O)N[C@H]1CCCc2ccccc21. The van der Waals surface area contributed by atoms with Crippen LogP contribution in [-0.4, -0.2) is 32.0 Å². The number of carbonyl (C=O) groups excluding carboxylic acids is 2. The average Bonchev–Trinajstić information content (AvgIpc) is 2.63. The molecule has 0 aliphatic heterocycles. The molecule has 3 rings (SSSR count). The fourth-order valence-electron chi connectivity index (χ4n) is 3.50. The number of hydrogen-bond donors (Lipinski definition) is 3. The topological polar surface area (TPSA) is 62.6 Å². The number of quaternary nitrogens is 1. The Morgan fingerprint density at radius 2 is 1.78 bits per heavy atom. The van der Waals surface area contributed by atoms with Crippen LogP contribution in [0.2, 0.25) is 0 Å². The van der Waals surface area contributed by atoms with Gasteiger partial charge in [-0.1, -0.05) is 24.3 Å². The van der Waals surface area contributed by atoms with Gasteiger partial charge in [0, 0.05) is 5.69 Å². The molecule has 3 N–H and O–H groups in total. The summed E-state index contributed by atoms with van der Waals surface area (Å²) in [6.45, 7) is 0.377. The van der Waals surface area contributed by atoms with Crippen LogP contribution < -0.4 is 15.5 Å². The molecule has 0 heterocycles. The summed E-state index contributed by atoms with van der Waals surface area (Å²) in [6, 6.07) is 13.9. The third-order valence-corrected chi connectivity index (χ3v) is 4.76. The average molecular weight is 370 g/mol. The summed E-state index contributed by atoms with van der Waals surface area (Å²) in [4.78, 5) is 25.3. The van der Waals surface area contributed by atoms with E-state index < -0.39 is 0 Å². The van der Waals surface area contributed by atoms with Gasteiger partial charge >= 0.3 is 0 Å². The van der Waals surface area contributed by atoms with Crippen molar-refractivity contribution in [3.8, 4) is 0 Å². The van der Waals surface area contributed by atoms with Crippen molar-refractivity contribution in [3.05, 3.63) is 65.5 Å². The van der Waals surface area contributed by atoms with Gasteiger partial charge in [0.2, 0.25) is 0 Å². The number of rotatable bonds is 6. The van der Waals surface area contributed by atoms with Crippen LogP contribution in [0.5, 0.6) is 0 Å². The Kier molecular flexibility index (Phi) is 6.19. The van der Waals surface area contributed by atoms with Crippen LogP contribution in [0.1, 0.15) is 30.0 Å². The van der Waals surface area contributed by atoms with E-state index in [0.717, 1.165) is 24.2 Å². The smallest absolute Gasteiger partial charge is 0.279 e. The van der Waals surface area contributed by atoms with Crippen molar-refractivity contribution in [1.82, 2.24) is 5.32 Å². The lowest BCUT2D eigenvalue weighted by molar-refractivity contribution is -0.862. The molecule has 0 radical (unpaired) electrons. The van der Waals surface area contributed by atoms with Gasteiger partial charge in [-0.05, 0) is 54.7 Å². The predicted octanol–water partition coefficient (Wildman–Crippen LogP) is 1.47. The zero-order valence-corrected chi connectivity index (χ0v) is 15.4. The molecule has 2 aromatic carbocycles. The molecule has 1 unspecified atom stereocenters. The quantitative estimate of drug-likeness (QED) is 0.721. The first-order valence-electron chi connectivity index (χ1n) is 9.25. The number of anilines is 1. The third kappa shape index (κ3) is 5.37. The molecule has 0 saturated carbocycles. The van der Waals surface area contributed by atoms with E-state index in [1.54, 1.807) is 7.05 Å². The second-order valence-electron chi connectivity index (χ2n) is 7.08. The molecule has 2 atom stereocenters. The van der Waals surface area contributed by atoms with Gasteiger partial charge in [-0.2, -0.15) is 0 Å². The highest BCUT2D eigenvalue weighted by Gasteiger charge is 2.23. The number of carbonyl (C=O) groups is 2. The van der Waals surface area contributed by atoms with Crippen LogP contribution in [0, 0.1) is 5.82 Å². The summed E-state index contributed by atoms with van der Waals surface area (Å²) < 4.78 is 12.9. The van der Waals surface area contributed by atoms with E-state index in [9.17, 15) is 14.0 Å². The second kappa shape index (κ2) is 8.77. The molecule has 0 aromatic heterocycles. The number of halogens is 1. The van der Waals surface area contributed by atoms with Crippen molar-refractivity contribution in [1.29, 1.82) is 0 Å². The molecular formula is C21H25FN3O2+. The van der Waals surface area contributed by atoms with Crippen molar-refractivity contribution in [2.75, 3.05) is 25.5 Å². The minimum absolute atomic E-state index is 0.0447. The van der Waals surface area contributed by atoms with Crippen LogP contribution in [0.4, 0.5) is 10.1 Å². The molecule has 1 aliphatic carbocycles. The zero-order chi connectivity index (χ0) is 19.2. The van der Waals surface area contributed by atoms with E-state index in [1.807, 2.05) is 12.1 Å². The molecular weight excluding hydrogens is 345 g/mol. The van der Waals surface area contributed by atoms with E-state index >= 15 is 0 Å². The van der Waals surface area contributed by atoms with Crippen LogP contribution >= 0.6 is 0 Å². The Morgan fingerprint density at radius 3 is 2.56 bits per heavy atom. The van der Waals surface area contributed by atoms with Crippen molar-refractivity contribution in [3.63, 3.8) is 0 Å². The van der Waals surface area contributed by atoms with Gasteiger partial charge in [-0.15, -0.1) is 0 Å². The number of hydrogen-bond acceptors (Lipinski definition) is 2. The Morgan fingerprint density at radius 1 is 1.07 bits per heavy atom. The fraction of sp³-hybridized carbons (Fsp3) is 0.333. The standard InChI is InChI=1S/C21H24FN3O2/c1-25(13-20(26)23-17-11-9-16(22)10-12-17)14-21(27)24-19-8-4-6-15-5-2-3-7-18(15)19/h2-3,5,7,9-12,19H,4,6,8,13-14H2,1H3,(H,23,26)(H,24,27)/p+1/t19-/m0/s1. The van der Waals surface area contributed by atoms with Crippen molar-refractivity contribution in [2.24, 2.45) is 0 Å². The molecule has 2 amide bonds. The lowest BCUT2D eigenvalue weighted by atomic mass is 9.88. The number of likely N-dealkylation sites (N-methyl/N-ethyl adjacent to an activating group) is 1. The summed E-state index contributed by atoms with van der Waals surface area (Å²) in [5.74, 6) is -0.629. The number of aryl methyl sites for hydroxylation is 1. The van der Waals surface area contributed by atoms with E-state index in [1.165, 1.54) is 35.4 Å². The molecule has 5 nitrogen and oxygen atoms in total. The molecule has 6 heteroatoms. The van der Waals surface area contributed by atoms with E-state index in [0.29, 0.717) is 5.69 Å². The lowest BCUT2D eigenvalue weighted by Gasteiger charge is -2.26. The van der Waals surface area contributed by atoms with E-state index in [4.69, 9.17) is 0 Å². The van der Waals surface area contributed by atoms with Crippen molar-refractivity contribution in [2.45, 2.75) is 25.3 Å². The maximum atomic E-state index is 12.9. The summed E-state index contributed by atoms with van der Waals surface area (Å²) in [7, 11) is 1.80. The van der Waals surface area contributed by atoms with E-state index in [2.05, 4.69) is 22.8 Å². The van der Waals surface area contributed by atoms with Gasteiger partial charge in [-0.3, -0.25) is 9.59 Å².